The number of nitrogens with one attached hydrogen (secondary N) is 2. The number of benzene rings is 2. The smallest absolute Gasteiger partial charge is 0.392 e. The second-order valence-electron chi connectivity index (χ2n) is 6.34. The van der Waals surface area contributed by atoms with Crippen LogP contribution in [0.25, 0.3) is 22.4 Å². The van der Waals surface area contributed by atoms with Crippen LogP contribution in [0.15, 0.2) is 48.5 Å². The Labute approximate surface area is 159 Å². The summed E-state index contributed by atoms with van der Waals surface area (Å²) in [5, 5.41) is 17.5. The minimum atomic E-state index is -4.47. The van der Waals surface area contributed by atoms with Crippen LogP contribution in [-0.2, 0) is 6.61 Å². The van der Waals surface area contributed by atoms with Crippen LogP contribution in [0.1, 0.15) is 21.6 Å². The number of carbonyl (C=O) groups excluding carboxylic acids is 1. The van der Waals surface area contributed by atoms with Crippen molar-refractivity contribution in [2.75, 3.05) is 6.54 Å². The van der Waals surface area contributed by atoms with Crippen LogP contribution in [0.3, 0.4) is 0 Å². The van der Waals surface area contributed by atoms with Gasteiger partial charge in [-0.15, -0.1) is 0 Å². The fourth-order valence-corrected chi connectivity index (χ4v) is 2.75. The van der Waals surface area contributed by atoms with E-state index in [2.05, 4.69) is 10.2 Å². The normalized spacial score (nSPS) is 11.5. The van der Waals surface area contributed by atoms with Gasteiger partial charge in [0, 0.05) is 5.56 Å². The molecule has 0 fully saturated rings. The summed E-state index contributed by atoms with van der Waals surface area (Å²) in [4.78, 5) is 11.8. The van der Waals surface area contributed by atoms with E-state index in [9.17, 15) is 23.1 Å². The van der Waals surface area contributed by atoms with Crippen LogP contribution in [0.2, 0.25) is 0 Å². The molecule has 3 N–H and O–H groups in total. The molecular formula is C20H18F3N3O2. The van der Waals surface area contributed by atoms with Gasteiger partial charge in [0.1, 0.15) is 12.2 Å². The Balaban J connectivity index is 1.74. The fraction of sp³-hybridized carbons (Fsp3) is 0.200. The van der Waals surface area contributed by atoms with E-state index in [1.165, 1.54) is 6.07 Å². The number of halogens is 3. The average Bonchev–Trinajstić information content (AvgIpc) is 3.16. The third-order valence-electron chi connectivity index (χ3n) is 4.30. The molecule has 2 aromatic carbocycles. The molecule has 5 nitrogen and oxygen atoms in total. The summed E-state index contributed by atoms with van der Waals surface area (Å²) >= 11 is 0. The number of aliphatic hydroxyl groups is 1. The van der Waals surface area contributed by atoms with E-state index in [0.717, 1.165) is 27.8 Å². The second kappa shape index (κ2) is 7.85. The quantitative estimate of drug-likeness (QED) is 0.621. The number of amides is 1. The largest absolute Gasteiger partial charge is 0.405 e. The lowest BCUT2D eigenvalue weighted by Crippen LogP contribution is -2.33. The highest BCUT2D eigenvalue weighted by Crippen LogP contribution is 2.26. The van der Waals surface area contributed by atoms with Gasteiger partial charge in [-0.25, -0.2) is 0 Å². The van der Waals surface area contributed by atoms with Crippen LogP contribution in [0.4, 0.5) is 13.2 Å². The molecule has 0 saturated carbocycles. The van der Waals surface area contributed by atoms with E-state index in [1.54, 1.807) is 5.32 Å². The third-order valence-corrected chi connectivity index (χ3v) is 4.30. The molecule has 0 radical (unpaired) electrons. The minimum Gasteiger partial charge on any atom is -0.392 e. The summed E-state index contributed by atoms with van der Waals surface area (Å²) in [6.07, 6.45) is -4.47. The number of hydrogen-bond donors (Lipinski definition) is 3. The lowest BCUT2D eigenvalue weighted by Gasteiger charge is -2.07. The van der Waals surface area contributed by atoms with Crippen molar-refractivity contribution in [3.8, 4) is 22.4 Å². The first kappa shape index (κ1) is 19.6. The van der Waals surface area contributed by atoms with Crippen molar-refractivity contribution in [2.45, 2.75) is 19.7 Å². The average molecular weight is 389 g/mol. The predicted octanol–water partition coefficient (Wildman–Crippen LogP) is 3.84. The summed E-state index contributed by atoms with van der Waals surface area (Å²) in [7, 11) is 0. The Morgan fingerprint density at radius 1 is 1.07 bits per heavy atom. The predicted molar refractivity (Wildman–Crippen MR) is 98.5 cm³/mol. The number of hydrogen-bond acceptors (Lipinski definition) is 3. The third kappa shape index (κ3) is 4.58. The van der Waals surface area contributed by atoms with E-state index < -0.39 is 18.6 Å². The molecule has 0 aliphatic rings. The molecule has 1 aromatic heterocycles. The molecule has 0 spiro atoms. The number of rotatable bonds is 5. The van der Waals surface area contributed by atoms with E-state index in [4.69, 9.17) is 0 Å². The van der Waals surface area contributed by atoms with Gasteiger partial charge in [-0.2, -0.15) is 18.3 Å². The summed E-state index contributed by atoms with van der Waals surface area (Å²) < 4.78 is 36.6. The molecule has 0 unspecified atom stereocenters. The molecule has 0 aliphatic heterocycles. The second-order valence-corrected chi connectivity index (χ2v) is 6.34. The lowest BCUT2D eigenvalue weighted by atomic mass is 9.99. The number of aromatic amines is 1. The van der Waals surface area contributed by atoms with Crippen LogP contribution < -0.4 is 5.32 Å². The molecule has 8 heteroatoms. The Bertz CT molecular complexity index is 979. The first-order valence-electron chi connectivity index (χ1n) is 8.48. The molecule has 3 aromatic rings. The van der Waals surface area contributed by atoms with Crippen LogP contribution in [-0.4, -0.2) is 33.9 Å². The van der Waals surface area contributed by atoms with Crippen molar-refractivity contribution in [1.29, 1.82) is 0 Å². The van der Waals surface area contributed by atoms with Gasteiger partial charge >= 0.3 is 6.18 Å². The monoisotopic (exact) mass is 389 g/mol. The molecule has 3 rings (SSSR count). The highest BCUT2D eigenvalue weighted by atomic mass is 19.4. The van der Waals surface area contributed by atoms with Gasteiger partial charge in [-0.1, -0.05) is 42.5 Å². The summed E-state index contributed by atoms with van der Waals surface area (Å²) in [5.74, 6) is -0.868. The number of H-pyrrole nitrogens is 1. The zero-order valence-electron chi connectivity index (χ0n) is 15.0. The van der Waals surface area contributed by atoms with Crippen molar-refractivity contribution in [1.82, 2.24) is 15.5 Å². The fourth-order valence-electron chi connectivity index (χ4n) is 2.75. The lowest BCUT2D eigenvalue weighted by molar-refractivity contribution is -0.123. The van der Waals surface area contributed by atoms with E-state index >= 15 is 0 Å². The minimum absolute atomic E-state index is 0.0108. The van der Waals surface area contributed by atoms with E-state index in [0.29, 0.717) is 5.69 Å². The van der Waals surface area contributed by atoms with Crippen molar-refractivity contribution in [2.24, 2.45) is 0 Å². The van der Waals surface area contributed by atoms with E-state index in [1.807, 2.05) is 49.4 Å². The van der Waals surface area contributed by atoms with Gasteiger partial charge in [0.2, 0.25) is 0 Å². The van der Waals surface area contributed by atoms with E-state index in [-0.39, 0.29) is 12.3 Å². The van der Waals surface area contributed by atoms with Crippen molar-refractivity contribution >= 4 is 5.91 Å². The Hall–Kier alpha value is -3.13. The van der Waals surface area contributed by atoms with Crippen LogP contribution in [0.5, 0.6) is 0 Å². The SMILES string of the molecule is Cc1cc(-c2ccc(-c3cc(C(=O)NCC(F)(F)F)[nH]n3)cc2)ccc1CO. The van der Waals surface area contributed by atoms with Gasteiger partial charge in [-0.3, -0.25) is 9.89 Å². The van der Waals surface area contributed by atoms with Gasteiger partial charge in [0.05, 0.1) is 12.3 Å². The Morgan fingerprint density at radius 3 is 2.32 bits per heavy atom. The molecule has 1 heterocycles. The zero-order chi connectivity index (χ0) is 20.3. The molecule has 146 valence electrons. The molecule has 28 heavy (non-hydrogen) atoms. The van der Waals surface area contributed by atoms with Gasteiger partial charge in [0.25, 0.3) is 5.91 Å². The number of aliphatic hydroxyl groups excluding tert-OH is 1. The highest BCUT2D eigenvalue weighted by Gasteiger charge is 2.28. The first-order valence-corrected chi connectivity index (χ1v) is 8.48. The molecule has 0 aliphatic carbocycles. The highest BCUT2D eigenvalue weighted by molar-refractivity contribution is 5.93. The maximum atomic E-state index is 12.2. The maximum Gasteiger partial charge on any atom is 0.405 e. The van der Waals surface area contributed by atoms with Crippen molar-refractivity contribution < 1.29 is 23.1 Å². The maximum absolute atomic E-state index is 12.2. The zero-order valence-corrected chi connectivity index (χ0v) is 15.0. The van der Waals surface area contributed by atoms with Gasteiger partial charge < -0.3 is 10.4 Å². The standard InChI is InChI=1S/C20H18F3N3O2/c1-12-8-15(6-7-16(12)10-27)13-2-4-14(5-3-13)17-9-18(26-25-17)19(28)24-11-20(21,22)23/h2-9,27H,10-11H2,1H3,(H,24,28)(H,25,26). The van der Waals surface area contributed by atoms with Gasteiger partial charge in [-0.05, 0) is 35.2 Å². The molecular weight excluding hydrogens is 371 g/mol. The molecule has 0 bridgehead atoms. The summed E-state index contributed by atoms with van der Waals surface area (Å²) in [5.41, 5.74) is 4.96. The summed E-state index contributed by atoms with van der Waals surface area (Å²) in [6, 6.07) is 14.6. The number of nitrogens with zero attached hydrogens (tertiary/aromatic N) is 1. The van der Waals surface area contributed by atoms with Crippen molar-refractivity contribution in [3.63, 3.8) is 0 Å². The number of alkyl halides is 3. The number of aryl methyl sites for hydroxylation is 1. The summed E-state index contributed by atoms with van der Waals surface area (Å²) in [6.45, 7) is 0.519. The molecule has 1 amide bonds. The molecule has 0 saturated heterocycles. The number of carbonyl (C=O) groups is 1. The van der Waals surface area contributed by atoms with Gasteiger partial charge in [0.15, 0.2) is 0 Å². The number of aromatic nitrogens is 2. The molecule has 0 atom stereocenters. The van der Waals surface area contributed by atoms with Crippen LogP contribution in [0, 0.1) is 6.92 Å². The first-order chi connectivity index (χ1) is 13.3. The van der Waals surface area contributed by atoms with Crippen LogP contribution >= 0.6 is 0 Å². The Kier molecular flexibility index (Phi) is 5.51. The Morgan fingerprint density at radius 2 is 1.71 bits per heavy atom. The van der Waals surface area contributed by atoms with Crippen molar-refractivity contribution in [3.05, 3.63) is 65.4 Å². The topological polar surface area (TPSA) is 78.0 Å².